The summed E-state index contributed by atoms with van der Waals surface area (Å²) in [6.07, 6.45) is 2.11. The van der Waals surface area contributed by atoms with E-state index in [1.54, 1.807) is 14.2 Å². The van der Waals surface area contributed by atoms with E-state index < -0.39 is 0 Å². The molecule has 0 heterocycles. The van der Waals surface area contributed by atoms with Gasteiger partial charge in [0.15, 0.2) is 0 Å². The predicted octanol–water partition coefficient (Wildman–Crippen LogP) is 3.67. The molecule has 0 aliphatic carbocycles. The second kappa shape index (κ2) is 7.66. The van der Waals surface area contributed by atoms with Crippen LogP contribution in [0.4, 0.5) is 0 Å². The first-order valence-electron chi connectivity index (χ1n) is 7.48. The lowest BCUT2D eigenvalue weighted by Crippen LogP contribution is -2.30. The van der Waals surface area contributed by atoms with Crippen LogP contribution in [0.3, 0.4) is 0 Å². The van der Waals surface area contributed by atoms with E-state index in [1.807, 2.05) is 18.2 Å². The predicted molar refractivity (Wildman–Crippen MR) is 87.5 cm³/mol. The number of hydrazine groups is 1. The highest BCUT2D eigenvalue weighted by Crippen LogP contribution is 2.35. The van der Waals surface area contributed by atoms with Gasteiger partial charge in [-0.2, -0.15) is 0 Å². The van der Waals surface area contributed by atoms with Gasteiger partial charge in [-0.05, 0) is 42.4 Å². The largest absolute Gasteiger partial charge is 0.497 e. The first kappa shape index (κ1) is 17.8. The Bertz CT molecular complexity index is 441. The van der Waals surface area contributed by atoms with Gasteiger partial charge in [0.2, 0.25) is 0 Å². The third kappa shape index (κ3) is 5.56. The summed E-state index contributed by atoms with van der Waals surface area (Å²) in [4.78, 5) is 0. The first-order valence-corrected chi connectivity index (χ1v) is 7.48. The molecule has 0 radical (unpaired) electrons. The summed E-state index contributed by atoms with van der Waals surface area (Å²) in [5.74, 6) is 7.99. The van der Waals surface area contributed by atoms with Crippen molar-refractivity contribution in [1.82, 2.24) is 5.43 Å². The van der Waals surface area contributed by atoms with Crippen LogP contribution in [0.2, 0.25) is 0 Å². The number of benzene rings is 1. The van der Waals surface area contributed by atoms with Crippen molar-refractivity contribution in [1.29, 1.82) is 0 Å². The van der Waals surface area contributed by atoms with Crippen LogP contribution in [0.15, 0.2) is 18.2 Å². The molecule has 0 fully saturated rings. The van der Waals surface area contributed by atoms with E-state index >= 15 is 0 Å². The number of nitrogens with two attached hydrogens (primary N) is 1. The summed E-state index contributed by atoms with van der Waals surface area (Å²) in [6, 6.07) is 5.86. The van der Waals surface area contributed by atoms with Gasteiger partial charge in [0.1, 0.15) is 11.5 Å². The van der Waals surface area contributed by atoms with E-state index in [0.717, 1.165) is 29.9 Å². The maximum atomic E-state index is 5.79. The Labute approximate surface area is 129 Å². The molecular weight excluding hydrogens is 264 g/mol. The van der Waals surface area contributed by atoms with Gasteiger partial charge in [-0.15, -0.1) is 0 Å². The fraction of sp³-hybridized carbons (Fsp3) is 0.647. The minimum absolute atomic E-state index is 0.0485. The van der Waals surface area contributed by atoms with E-state index in [1.165, 1.54) is 0 Å². The van der Waals surface area contributed by atoms with Crippen molar-refractivity contribution in [2.75, 3.05) is 14.2 Å². The van der Waals surface area contributed by atoms with Gasteiger partial charge in [-0.1, -0.05) is 27.7 Å². The van der Waals surface area contributed by atoms with Gasteiger partial charge < -0.3 is 9.47 Å². The summed E-state index contributed by atoms with van der Waals surface area (Å²) in [7, 11) is 3.34. The van der Waals surface area contributed by atoms with Gasteiger partial charge in [0, 0.05) is 5.56 Å². The molecule has 0 aliphatic heterocycles. The summed E-state index contributed by atoms with van der Waals surface area (Å²) < 4.78 is 10.8. The number of hydrogen-bond acceptors (Lipinski definition) is 4. The SMILES string of the molecule is COc1ccc(OC)c(C(CC(C)CC(C)(C)C)NN)c1. The van der Waals surface area contributed by atoms with Gasteiger partial charge in [0.25, 0.3) is 0 Å². The van der Waals surface area contributed by atoms with Gasteiger partial charge >= 0.3 is 0 Å². The van der Waals surface area contributed by atoms with Crippen molar-refractivity contribution in [3.8, 4) is 11.5 Å². The van der Waals surface area contributed by atoms with Crippen LogP contribution in [-0.2, 0) is 0 Å². The Balaban J connectivity index is 2.93. The Morgan fingerprint density at radius 1 is 1.19 bits per heavy atom. The molecule has 3 N–H and O–H groups in total. The van der Waals surface area contributed by atoms with Crippen molar-refractivity contribution in [2.45, 2.75) is 46.6 Å². The van der Waals surface area contributed by atoms with Crippen LogP contribution >= 0.6 is 0 Å². The van der Waals surface area contributed by atoms with Crippen LogP contribution in [0, 0.1) is 11.3 Å². The summed E-state index contributed by atoms with van der Waals surface area (Å²) in [5, 5.41) is 0. The van der Waals surface area contributed by atoms with Crippen molar-refractivity contribution < 1.29 is 9.47 Å². The quantitative estimate of drug-likeness (QED) is 0.595. The number of hydrogen-bond donors (Lipinski definition) is 2. The Hall–Kier alpha value is -1.26. The summed E-state index contributed by atoms with van der Waals surface area (Å²) in [6.45, 7) is 9.06. The molecule has 0 aliphatic rings. The molecule has 1 aromatic rings. The molecule has 21 heavy (non-hydrogen) atoms. The molecule has 0 bridgehead atoms. The zero-order chi connectivity index (χ0) is 16.0. The lowest BCUT2D eigenvalue weighted by Gasteiger charge is -2.27. The van der Waals surface area contributed by atoms with E-state index in [0.29, 0.717) is 11.3 Å². The lowest BCUT2D eigenvalue weighted by molar-refractivity contribution is 0.274. The highest BCUT2D eigenvalue weighted by atomic mass is 16.5. The van der Waals surface area contributed by atoms with Crippen molar-refractivity contribution in [3.05, 3.63) is 23.8 Å². The minimum atomic E-state index is 0.0485. The van der Waals surface area contributed by atoms with Crippen LogP contribution in [-0.4, -0.2) is 14.2 Å². The normalized spacial score (nSPS) is 14.6. The highest BCUT2D eigenvalue weighted by Gasteiger charge is 2.22. The average molecular weight is 294 g/mol. The molecule has 0 saturated carbocycles. The molecule has 1 aromatic carbocycles. The van der Waals surface area contributed by atoms with E-state index in [2.05, 4.69) is 33.1 Å². The van der Waals surface area contributed by atoms with Gasteiger partial charge in [0.05, 0.1) is 20.3 Å². The number of nitrogens with one attached hydrogen (secondary N) is 1. The molecule has 2 atom stereocenters. The van der Waals surface area contributed by atoms with Crippen molar-refractivity contribution in [2.24, 2.45) is 17.2 Å². The van der Waals surface area contributed by atoms with Crippen molar-refractivity contribution in [3.63, 3.8) is 0 Å². The van der Waals surface area contributed by atoms with Gasteiger partial charge in [-0.25, -0.2) is 0 Å². The van der Waals surface area contributed by atoms with E-state index in [-0.39, 0.29) is 6.04 Å². The molecule has 4 heteroatoms. The molecule has 120 valence electrons. The third-order valence-corrected chi connectivity index (χ3v) is 3.61. The van der Waals surface area contributed by atoms with Gasteiger partial charge in [-0.3, -0.25) is 11.3 Å². The molecule has 1 rings (SSSR count). The fourth-order valence-electron chi connectivity index (χ4n) is 2.93. The van der Waals surface area contributed by atoms with E-state index in [4.69, 9.17) is 15.3 Å². The molecule has 2 unspecified atom stereocenters. The minimum Gasteiger partial charge on any atom is -0.497 e. The Morgan fingerprint density at radius 2 is 1.86 bits per heavy atom. The highest BCUT2D eigenvalue weighted by molar-refractivity contribution is 5.42. The molecule has 0 amide bonds. The third-order valence-electron chi connectivity index (χ3n) is 3.61. The smallest absolute Gasteiger partial charge is 0.123 e. The molecule has 0 spiro atoms. The Morgan fingerprint density at radius 3 is 2.33 bits per heavy atom. The standard InChI is InChI=1S/C17H30N2O2/c1-12(11-17(2,3)4)9-15(19-18)14-10-13(20-5)7-8-16(14)21-6/h7-8,10,12,15,19H,9,11,18H2,1-6H3. The fourth-order valence-corrected chi connectivity index (χ4v) is 2.93. The molecule has 0 saturated heterocycles. The van der Waals surface area contributed by atoms with Crippen LogP contribution in [0.25, 0.3) is 0 Å². The maximum Gasteiger partial charge on any atom is 0.123 e. The zero-order valence-electron chi connectivity index (χ0n) is 14.2. The monoisotopic (exact) mass is 294 g/mol. The first-order chi connectivity index (χ1) is 9.80. The molecule has 4 nitrogen and oxygen atoms in total. The zero-order valence-corrected chi connectivity index (χ0v) is 14.2. The average Bonchev–Trinajstić information content (AvgIpc) is 2.42. The topological polar surface area (TPSA) is 56.5 Å². The molecular formula is C17H30N2O2. The number of ether oxygens (including phenoxy) is 2. The molecule has 0 aromatic heterocycles. The van der Waals surface area contributed by atoms with Crippen LogP contribution in [0.1, 0.15) is 52.1 Å². The second-order valence-corrected chi connectivity index (χ2v) is 6.93. The summed E-state index contributed by atoms with van der Waals surface area (Å²) >= 11 is 0. The summed E-state index contributed by atoms with van der Waals surface area (Å²) in [5.41, 5.74) is 4.28. The number of rotatable bonds is 7. The maximum absolute atomic E-state index is 5.79. The lowest BCUT2D eigenvalue weighted by atomic mass is 9.82. The Kier molecular flexibility index (Phi) is 6.49. The van der Waals surface area contributed by atoms with Crippen LogP contribution < -0.4 is 20.7 Å². The number of methoxy groups -OCH3 is 2. The van der Waals surface area contributed by atoms with Crippen LogP contribution in [0.5, 0.6) is 11.5 Å². The second-order valence-electron chi connectivity index (χ2n) is 6.93. The van der Waals surface area contributed by atoms with E-state index in [9.17, 15) is 0 Å². The van der Waals surface area contributed by atoms with Crippen molar-refractivity contribution >= 4 is 0 Å².